The molecule has 0 saturated carbocycles. The zero-order valence-electron chi connectivity index (χ0n) is 13.0. The highest BCUT2D eigenvalue weighted by Gasteiger charge is 2.23. The van der Waals surface area contributed by atoms with E-state index in [2.05, 4.69) is 43.0 Å². The van der Waals surface area contributed by atoms with Gasteiger partial charge in [-0.1, -0.05) is 22.4 Å². The molecule has 1 aromatic carbocycles. The number of likely N-dealkylation sites (tertiary alicyclic amines) is 1. The van der Waals surface area contributed by atoms with Crippen LogP contribution in [0.15, 0.2) is 45.6 Å². The predicted molar refractivity (Wildman–Crippen MR) is 99.0 cm³/mol. The summed E-state index contributed by atoms with van der Waals surface area (Å²) in [7, 11) is 0. The number of benzene rings is 1. The van der Waals surface area contributed by atoms with Gasteiger partial charge in [0.1, 0.15) is 0 Å². The fourth-order valence-corrected chi connectivity index (χ4v) is 4.02. The van der Waals surface area contributed by atoms with E-state index in [-0.39, 0.29) is 11.9 Å². The molecule has 2 heterocycles. The van der Waals surface area contributed by atoms with Crippen molar-refractivity contribution >= 4 is 33.2 Å². The van der Waals surface area contributed by atoms with Gasteiger partial charge in [0.25, 0.3) is 5.91 Å². The summed E-state index contributed by atoms with van der Waals surface area (Å²) in [4.78, 5) is 14.9. The molecule has 122 valence electrons. The number of carbonyl (C=O) groups is 1. The molecule has 1 atom stereocenters. The second-order valence-corrected chi connectivity index (χ2v) is 7.58. The number of halogens is 1. The Morgan fingerprint density at radius 1 is 1.17 bits per heavy atom. The first-order valence-corrected chi connectivity index (χ1v) is 9.77. The highest BCUT2D eigenvalue weighted by molar-refractivity contribution is 9.10. The van der Waals surface area contributed by atoms with Crippen LogP contribution in [-0.2, 0) is 0 Å². The number of thiophene rings is 1. The lowest BCUT2D eigenvalue weighted by Gasteiger charge is -2.34. The number of nitrogens with one attached hydrogen (secondary N) is 1. The van der Waals surface area contributed by atoms with Gasteiger partial charge in [-0.15, -0.1) is 0 Å². The third-order valence-electron chi connectivity index (χ3n) is 4.32. The van der Waals surface area contributed by atoms with Gasteiger partial charge >= 0.3 is 0 Å². The van der Waals surface area contributed by atoms with Crippen LogP contribution in [0, 0.1) is 0 Å². The van der Waals surface area contributed by atoms with E-state index >= 15 is 0 Å². The maximum absolute atomic E-state index is 12.4. The molecule has 0 aliphatic carbocycles. The number of nitrogens with zero attached hydrogens (tertiary/aromatic N) is 1. The van der Waals surface area contributed by atoms with Crippen LogP contribution in [0.25, 0.3) is 0 Å². The number of hydrogen-bond donors (Lipinski definition) is 1. The van der Waals surface area contributed by atoms with Gasteiger partial charge < -0.3 is 5.32 Å². The van der Waals surface area contributed by atoms with Gasteiger partial charge in [0.2, 0.25) is 0 Å². The molecule has 0 spiro atoms. The second kappa shape index (κ2) is 8.08. The summed E-state index contributed by atoms with van der Waals surface area (Å²) in [5.41, 5.74) is 2.02. The zero-order valence-corrected chi connectivity index (χ0v) is 15.4. The van der Waals surface area contributed by atoms with Crippen LogP contribution in [0.4, 0.5) is 0 Å². The second-order valence-electron chi connectivity index (χ2n) is 5.89. The van der Waals surface area contributed by atoms with Crippen molar-refractivity contribution in [1.29, 1.82) is 0 Å². The van der Waals surface area contributed by atoms with Gasteiger partial charge in [0.05, 0.1) is 6.04 Å². The van der Waals surface area contributed by atoms with E-state index in [1.54, 1.807) is 11.3 Å². The maximum Gasteiger partial charge on any atom is 0.251 e. The summed E-state index contributed by atoms with van der Waals surface area (Å²) < 4.78 is 0.985. The van der Waals surface area contributed by atoms with Crippen molar-refractivity contribution in [2.24, 2.45) is 0 Å². The van der Waals surface area contributed by atoms with E-state index in [0.717, 1.165) is 17.6 Å². The minimum atomic E-state index is -0.00487. The molecule has 3 nitrogen and oxygen atoms in total. The number of piperidine rings is 1. The minimum absolute atomic E-state index is 0.00487. The van der Waals surface area contributed by atoms with Crippen molar-refractivity contribution in [3.05, 3.63) is 56.7 Å². The highest BCUT2D eigenvalue weighted by Crippen LogP contribution is 2.26. The van der Waals surface area contributed by atoms with Gasteiger partial charge in [-0.05, 0) is 72.6 Å². The molecule has 0 radical (unpaired) electrons. The van der Waals surface area contributed by atoms with Crippen LogP contribution in [0.3, 0.4) is 0 Å². The van der Waals surface area contributed by atoms with E-state index in [1.807, 2.05) is 24.3 Å². The summed E-state index contributed by atoms with van der Waals surface area (Å²) in [5, 5.41) is 7.43. The number of hydrogen-bond acceptors (Lipinski definition) is 3. The summed E-state index contributed by atoms with van der Waals surface area (Å²) in [5.74, 6) is -0.00487. The Hall–Kier alpha value is -1.17. The van der Waals surface area contributed by atoms with Gasteiger partial charge in [-0.2, -0.15) is 11.3 Å². The minimum Gasteiger partial charge on any atom is -0.350 e. The van der Waals surface area contributed by atoms with Gasteiger partial charge in [-0.25, -0.2) is 0 Å². The normalized spacial score (nSPS) is 16.9. The Bertz CT molecular complexity index is 621. The zero-order chi connectivity index (χ0) is 16.1. The lowest BCUT2D eigenvalue weighted by molar-refractivity contribution is 0.0924. The Labute approximate surface area is 149 Å². The monoisotopic (exact) mass is 392 g/mol. The first-order chi connectivity index (χ1) is 11.2. The first-order valence-electron chi connectivity index (χ1n) is 8.04. The fourth-order valence-electron chi connectivity index (χ4n) is 3.05. The molecule has 1 fully saturated rings. The lowest BCUT2D eigenvalue weighted by atomic mass is 10.0. The molecule has 1 amide bonds. The highest BCUT2D eigenvalue weighted by atomic mass is 79.9. The number of rotatable bonds is 5. The molecule has 23 heavy (non-hydrogen) atoms. The Morgan fingerprint density at radius 3 is 2.57 bits per heavy atom. The van der Waals surface area contributed by atoms with E-state index in [9.17, 15) is 4.79 Å². The van der Waals surface area contributed by atoms with Crippen LogP contribution in [0.1, 0.15) is 41.2 Å². The summed E-state index contributed by atoms with van der Waals surface area (Å²) >= 11 is 5.12. The first kappa shape index (κ1) is 16.7. The SMILES string of the molecule is O=C(NCC(c1ccsc1)N1CCCCC1)c1ccc(Br)cc1. The van der Waals surface area contributed by atoms with Gasteiger partial charge in [0, 0.05) is 16.6 Å². The van der Waals surface area contributed by atoms with E-state index < -0.39 is 0 Å². The molecule has 0 bridgehead atoms. The molecule has 5 heteroatoms. The van der Waals surface area contributed by atoms with Crippen LogP contribution in [0.5, 0.6) is 0 Å². The van der Waals surface area contributed by atoms with Crippen molar-refractivity contribution in [1.82, 2.24) is 10.2 Å². The lowest BCUT2D eigenvalue weighted by Crippen LogP contribution is -2.40. The topological polar surface area (TPSA) is 32.3 Å². The Balaban J connectivity index is 1.66. The van der Waals surface area contributed by atoms with Crippen LogP contribution in [-0.4, -0.2) is 30.4 Å². The van der Waals surface area contributed by atoms with E-state index in [1.165, 1.54) is 24.8 Å². The molecule has 1 aromatic heterocycles. The van der Waals surface area contributed by atoms with Crippen molar-refractivity contribution in [2.45, 2.75) is 25.3 Å². The van der Waals surface area contributed by atoms with E-state index in [0.29, 0.717) is 12.1 Å². The average molecular weight is 393 g/mol. The standard InChI is InChI=1S/C18H21BrN2OS/c19-16-6-4-14(5-7-16)18(22)20-12-17(15-8-11-23-13-15)21-9-2-1-3-10-21/h4-8,11,13,17H,1-3,9-10,12H2,(H,20,22). The summed E-state index contributed by atoms with van der Waals surface area (Å²) in [6.45, 7) is 2.90. The molecule has 1 unspecified atom stereocenters. The summed E-state index contributed by atoms with van der Waals surface area (Å²) in [6, 6.07) is 9.95. The van der Waals surface area contributed by atoms with Gasteiger partial charge in [0.15, 0.2) is 0 Å². The molecular weight excluding hydrogens is 372 g/mol. The Morgan fingerprint density at radius 2 is 1.91 bits per heavy atom. The number of amides is 1. The quantitative estimate of drug-likeness (QED) is 0.813. The molecular formula is C18H21BrN2OS. The molecule has 3 rings (SSSR count). The Kier molecular flexibility index (Phi) is 5.86. The predicted octanol–water partition coefficient (Wildman–Crippen LogP) is 4.47. The van der Waals surface area contributed by atoms with Crippen LogP contribution < -0.4 is 5.32 Å². The largest absolute Gasteiger partial charge is 0.350 e. The van der Waals surface area contributed by atoms with Crippen molar-refractivity contribution < 1.29 is 4.79 Å². The third kappa shape index (κ3) is 4.43. The maximum atomic E-state index is 12.4. The smallest absolute Gasteiger partial charge is 0.251 e. The molecule has 1 N–H and O–H groups in total. The average Bonchev–Trinajstić information content (AvgIpc) is 3.11. The van der Waals surface area contributed by atoms with E-state index in [4.69, 9.17) is 0 Å². The molecule has 1 aliphatic heterocycles. The van der Waals surface area contributed by atoms with Crippen LogP contribution in [0.2, 0.25) is 0 Å². The molecule has 1 aliphatic rings. The third-order valence-corrected chi connectivity index (χ3v) is 5.55. The molecule has 2 aromatic rings. The van der Waals surface area contributed by atoms with Crippen molar-refractivity contribution in [3.63, 3.8) is 0 Å². The van der Waals surface area contributed by atoms with Crippen molar-refractivity contribution in [2.75, 3.05) is 19.6 Å². The fraction of sp³-hybridized carbons (Fsp3) is 0.389. The molecule has 1 saturated heterocycles. The summed E-state index contributed by atoms with van der Waals surface area (Å²) in [6.07, 6.45) is 3.82. The number of carbonyl (C=O) groups excluding carboxylic acids is 1. The van der Waals surface area contributed by atoms with Gasteiger partial charge in [-0.3, -0.25) is 9.69 Å². The van der Waals surface area contributed by atoms with Crippen molar-refractivity contribution in [3.8, 4) is 0 Å². The van der Waals surface area contributed by atoms with Crippen LogP contribution >= 0.6 is 27.3 Å².